The van der Waals surface area contributed by atoms with E-state index < -0.39 is 0 Å². The first-order valence-corrected chi connectivity index (χ1v) is 6.27. The Morgan fingerprint density at radius 2 is 2.24 bits per heavy atom. The van der Waals surface area contributed by atoms with E-state index in [0.717, 1.165) is 4.47 Å². The molecule has 1 rings (SSSR count). The number of hydrogen-bond acceptors (Lipinski definition) is 3. The molecule has 0 spiro atoms. The summed E-state index contributed by atoms with van der Waals surface area (Å²) < 4.78 is 6.34. The first kappa shape index (κ1) is 14.1. The van der Waals surface area contributed by atoms with Gasteiger partial charge in [0.1, 0.15) is 5.69 Å². The van der Waals surface area contributed by atoms with E-state index in [1.807, 2.05) is 20.8 Å². The molecule has 5 heteroatoms. The second-order valence-corrected chi connectivity index (χ2v) is 5.15. The van der Waals surface area contributed by atoms with E-state index in [2.05, 4.69) is 26.2 Å². The number of halogens is 1. The number of carbonyl (C=O) groups excluding carboxylic acids is 1. The Bertz CT molecular complexity index is 377. The van der Waals surface area contributed by atoms with Crippen LogP contribution in [0.25, 0.3) is 0 Å². The molecule has 0 bridgehead atoms. The number of aromatic nitrogens is 1. The first-order valence-electron chi connectivity index (χ1n) is 5.48. The fraction of sp³-hybridized carbons (Fsp3) is 0.500. The van der Waals surface area contributed by atoms with Gasteiger partial charge in [0.05, 0.1) is 5.60 Å². The maximum Gasteiger partial charge on any atom is 0.269 e. The number of nitrogens with zero attached hydrogens (tertiary/aromatic N) is 1. The van der Waals surface area contributed by atoms with Crippen molar-refractivity contribution in [2.75, 3.05) is 13.2 Å². The van der Waals surface area contributed by atoms with Crippen LogP contribution in [0.2, 0.25) is 0 Å². The summed E-state index contributed by atoms with van der Waals surface area (Å²) >= 11 is 3.27. The SMILES string of the molecule is CCOC(C)(C)CNC(=O)c1ccc(Br)cn1. The topological polar surface area (TPSA) is 51.2 Å². The molecule has 4 nitrogen and oxygen atoms in total. The number of carbonyl (C=O) groups is 1. The number of pyridine rings is 1. The van der Waals surface area contributed by atoms with Crippen LogP contribution in [0.1, 0.15) is 31.3 Å². The predicted octanol–water partition coefficient (Wildman–Crippen LogP) is 2.39. The highest BCUT2D eigenvalue weighted by molar-refractivity contribution is 9.10. The summed E-state index contributed by atoms with van der Waals surface area (Å²) in [6.07, 6.45) is 1.60. The maximum absolute atomic E-state index is 11.8. The summed E-state index contributed by atoms with van der Waals surface area (Å²) in [6.45, 7) is 6.88. The van der Waals surface area contributed by atoms with Gasteiger partial charge in [0.15, 0.2) is 0 Å². The molecule has 0 aromatic carbocycles. The third-order valence-corrected chi connectivity index (χ3v) is 2.64. The van der Waals surface area contributed by atoms with Gasteiger partial charge in [-0.3, -0.25) is 4.79 Å². The third kappa shape index (κ3) is 4.83. The lowest BCUT2D eigenvalue weighted by Crippen LogP contribution is -2.40. The molecular weight excluding hydrogens is 284 g/mol. The summed E-state index contributed by atoms with van der Waals surface area (Å²) in [7, 11) is 0. The molecule has 17 heavy (non-hydrogen) atoms. The van der Waals surface area contributed by atoms with E-state index >= 15 is 0 Å². The van der Waals surface area contributed by atoms with Crippen molar-refractivity contribution in [1.82, 2.24) is 10.3 Å². The molecule has 94 valence electrons. The Hall–Kier alpha value is -0.940. The summed E-state index contributed by atoms with van der Waals surface area (Å²) in [5.74, 6) is -0.190. The van der Waals surface area contributed by atoms with Crippen molar-refractivity contribution in [2.24, 2.45) is 0 Å². The molecule has 1 amide bonds. The van der Waals surface area contributed by atoms with Gasteiger partial charge in [-0.05, 0) is 48.8 Å². The Labute approximate surface area is 110 Å². The molecule has 0 fully saturated rings. The molecular formula is C12H17BrN2O2. The minimum absolute atomic E-state index is 0.190. The van der Waals surface area contributed by atoms with Gasteiger partial charge in [-0.15, -0.1) is 0 Å². The second-order valence-electron chi connectivity index (χ2n) is 4.24. The zero-order valence-corrected chi connectivity index (χ0v) is 11.9. The normalized spacial score (nSPS) is 11.3. The van der Waals surface area contributed by atoms with E-state index in [0.29, 0.717) is 18.8 Å². The Morgan fingerprint density at radius 1 is 1.53 bits per heavy atom. The Morgan fingerprint density at radius 3 is 2.76 bits per heavy atom. The van der Waals surface area contributed by atoms with Crippen molar-refractivity contribution < 1.29 is 9.53 Å². The molecule has 0 aliphatic carbocycles. The minimum Gasteiger partial charge on any atom is -0.374 e. The van der Waals surface area contributed by atoms with Crippen LogP contribution in [0.4, 0.5) is 0 Å². The van der Waals surface area contributed by atoms with Gasteiger partial charge in [0.2, 0.25) is 0 Å². The van der Waals surface area contributed by atoms with Gasteiger partial charge in [-0.25, -0.2) is 4.98 Å². The van der Waals surface area contributed by atoms with Gasteiger partial charge >= 0.3 is 0 Å². The number of hydrogen-bond donors (Lipinski definition) is 1. The monoisotopic (exact) mass is 300 g/mol. The molecule has 0 atom stereocenters. The molecule has 0 saturated carbocycles. The van der Waals surface area contributed by atoms with Gasteiger partial charge in [-0.2, -0.15) is 0 Å². The van der Waals surface area contributed by atoms with Crippen molar-refractivity contribution in [1.29, 1.82) is 0 Å². The molecule has 1 N–H and O–H groups in total. The predicted molar refractivity (Wildman–Crippen MR) is 70.0 cm³/mol. The molecule has 0 aliphatic heterocycles. The van der Waals surface area contributed by atoms with Crippen molar-refractivity contribution in [3.63, 3.8) is 0 Å². The smallest absolute Gasteiger partial charge is 0.269 e. The maximum atomic E-state index is 11.8. The quantitative estimate of drug-likeness (QED) is 0.908. The van der Waals surface area contributed by atoms with Crippen molar-refractivity contribution in [3.8, 4) is 0 Å². The molecule has 0 aliphatic rings. The lowest BCUT2D eigenvalue weighted by atomic mass is 10.1. The standard InChI is InChI=1S/C12H17BrN2O2/c1-4-17-12(2,3)8-15-11(16)10-6-5-9(13)7-14-10/h5-7H,4,8H2,1-3H3,(H,15,16). The zero-order chi connectivity index (χ0) is 12.9. The van der Waals surface area contributed by atoms with Crippen LogP contribution in [-0.4, -0.2) is 29.6 Å². The van der Waals surface area contributed by atoms with Crippen molar-refractivity contribution >= 4 is 21.8 Å². The minimum atomic E-state index is -0.361. The molecule has 0 saturated heterocycles. The van der Waals surface area contributed by atoms with E-state index in [9.17, 15) is 4.79 Å². The van der Waals surface area contributed by atoms with Crippen LogP contribution in [0, 0.1) is 0 Å². The van der Waals surface area contributed by atoms with Crippen LogP contribution < -0.4 is 5.32 Å². The lowest BCUT2D eigenvalue weighted by Gasteiger charge is -2.24. The number of rotatable bonds is 5. The first-order chi connectivity index (χ1) is 7.94. The molecule has 1 aromatic rings. The van der Waals surface area contributed by atoms with E-state index in [1.54, 1.807) is 18.3 Å². The summed E-state index contributed by atoms with van der Waals surface area (Å²) in [6, 6.07) is 3.46. The number of nitrogens with one attached hydrogen (secondary N) is 1. The van der Waals surface area contributed by atoms with E-state index in [4.69, 9.17) is 4.74 Å². The average Bonchev–Trinajstić information content (AvgIpc) is 2.27. The molecule has 1 heterocycles. The van der Waals surface area contributed by atoms with Crippen molar-refractivity contribution in [3.05, 3.63) is 28.5 Å². The van der Waals surface area contributed by atoms with Gasteiger partial charge in [0, 0.05) is 23.8 Å². The van der Waals surface area contributed by atoms with Crippen LogP contribution >= 0.6 is 15.9 Å². The molecule has 1 aromatic heterocycles. The largest absolute Gasteiger partial charge is 0.374 e. The summed E-state index contributed by atoms with van der Waals surface area (Å²) in [5, 5.41) is 2.80. The summed E-state index contributed by atoms with van der Waals surface area (Å²) in [4.78, 5) is 15.8. The third-order valence-electron chi connectivity index (χ3n) is 2.17. The van der Waals surface area contributed by atoms with Gasteiger partial charge < -0.3 is 10.1 Å². The highest BCUT2D eigenvalue weighted by atomic mass is 79.9. The lowest BCUT2D eigenvalue weighted by molar-refractivity contribution is -0.00818. The number of ether oxygens (including phenoxy) is 1. The molecule has 0 radical (unpaired) electrons. The van der Waals surface area contributed by atoms with Crippen molar-refractivity contribution in [2.45, 2.75) is 26.4 Å². The zero-order valence-electron chi connectivity index (χ0n) is 10.3. The molecule has 0 unspecified atom stereocenters. The summed E-state index contributed by atoms with van der Waals surface area (Å²) in [5.41, 5.74) is 0.0419. The van der Waals surface area contributed by atoms with Crippen LogP contribution in [0.3, 0.4) is 0 Å². The van der Waals surface area contributed by atoms with E-state index in [1.165, 1.54) is 0 Å². The average molecular weight is 301 g/mol. The Balaban J connectivity index is 2.53. The fourth-order valence-corrected chi connectivity index (χ4v) is 1.57. The van der Waals surface area contributed by atoms with Crippen LogP contribution in [-0.2, 0) is 4.74 Å². The van der Waals surface area contributed by atoms with Crippen LogP contribution in [0.15, 0.2) is 22.8 Å². The highest BCUT2D eigenvalue weighted by Gasteiger charge is 2.19. The fourth-order valence-electron chi connectivity index (χ4n) is 1.34. The van der Waals surface area contributed by atoms with Crippen LogP contribution in [0.5, 0.6) is 0 Å². The van der Waals surface area contributed by atoms with Gasteiger partial charge in [-0.1, -0.05) is 0 Å². The van der Waals surface area contributed by atoms with Gasteiger partial charge in [0.25, 0.3) is 5.91 Å². The number of amides is 1. The second kappa shape index (κ2) is 6.12. The Kier molecular flexibility index (Phi) is 5.08. The highest BCUT2D eigenvalue weighted by Crippen LogP contribution is 2.09. The van der Waals surface area contributed by atoms with E-state index in [-0.39, 0.29) is 11.5 Å².